The number of hydrogen-bond donors (Lipinski definition) is 1. The first kappa shape index (κ1) is 24.3. The lowest BCUT2D eigenvalue weighted by molar-refractivity contribution is -0.117. The molecule has 0 aliphatic carbocycles. The van der Waals surface area contributed by atoms with Crippen LogP contribution in [0.4, 0.5) is 0 Å². The van der Waals surface area contributed by atoms with E-state index in [0.717, 1.165) is 14.7 Å². The average molecular weight is 552 g/mol. The minimum absolute atomic E-state index is 0.0222. The highest BCUT2D eigenvalue weighted by Gasteiger charge is 2.16. The summed E-state index contributed by atoms with van der Waals surface area (Å²) in [6.45, 7) is 4.66. The summed E-state index contributed by atoms with van der Waals surface area (Å²) >= 11 is 2.18. The molecule has 1 amide bonds. The van der Waals surface area contributed by atoms with Crippen LogP contribution in [0.1, 0.15) is 36.6 Å². The molecule has 3 rings (SSSR count). The van der Waals surface area contributed by atoms with Crippen LogP contribution in [-0.2, 0) is 11.4 Å². The molecule has 0 radical (unpaired) electrons. The number of carbonyl (C=O) groups is 1. The number of hydrogen-bond acceptors (Lipinski definition) is 4. The van der Waals surface area contributed by atoms with Gasteiger partial charge in [0.1, 0.15) is 18.2 Å². The van der Waals surface area contributed by atoms with Gasteiger partial charge in [-0.2, -0.15) is 5.26 Å². The van der Waals surface area contributed by atoms with Crippen LogP contribution in [0.15, 0.2) is 78.4 Å². The molecule has 1 atom stereocenters. The van der Waals surface area contributed by atoms with Gasteiger partial charge in [0, 0.05) is 0 Å². The summed E-state index contributed by atoms with van der Waals surface area (Å²) < 4.78 is 12.7. The predicted octanol–water partition coefficient (Wildman–Crippen LogP) is 6.05. The highest BCUT2D eigenvalue weighted by Crippen LogP contribution is 2.35. The molecular weight excluding hydrogens is 527 g/mol. The Morgan fingerprint density at radius 1 is 1.09 bits per heavy atom. The lowest BCUT2D eigenvalue weighted by atomic mass is 10.1. The molecule has 1 N–H and O–H groups in total. The van der Waals surface area contributed by atoms with Gasteiger partial charge in [0.2, 0.25) is 0 Å². The van der Waals surface area contributed by atoms with E-state index in [1.54, 1.807) is 12.1 Å². The zero-order valence-corrected chi connectivity index (χ0v) is 20.7. The summed E-state index contributed by atoms with van der Waals surface area (Å²) in [7, 11) is 0. The summed E-state index contributed by atoms with van der Waals surface area (Å²) in [6.07, 6.45) is 1.57. The van der Waals surface area contributed by atoms with Crippen LogP contribution >= 0.6 is 22.6 Å². The maximum absolute atomic E-state index is 12.7. The number of nitrogens with one attached hydrogen (secondary N) is 1. The van der Waals surface area contributed by atoms with Gasteiger partial charge in [-0.05, 0) is 71.3 Å². The van der Waals surface area contributed by atoms with E-state index in [1.165, 1.54) is 0 Å². The van der Waals surface area contributed by atoms with Gasteiger partial charge in [-0.25, -0.2) is 0 Å². The second-order valence-electron chi connectivity index (χ2n) is 7.31. The Morgan fingerprint density at radius 2 is 1.76 bits per heavy atom. The van der Waals surface area contributed by atoms with Crippen LogP contribution in [0.2, 0.25) is 0 Å². The monoisotopic (exact) mass is 552 g/mol. The molecule has 0 bridgehead atoms. The van der Waals surface area contributed by atoms with Gasteiger partial charge in [0.05, 0.1) is 16.2 Å². The fraction of sp³-hybridized carbons (Fsp3) is 0.185. The Labute approximate surface area is 208 Å². The molecule has 3 aromatic carbocycles. The first-order valence-corrected chi connectivity index (χ1v) is 11.7. The fourth-order valence-electron chi connectivity index (χ4n) is 3.22. The molecule has 6 heteroatoms. The highest BCUT2D eigenvalue weighted by atomic mass is 127. The van der Waals surface area contributed by atoms with Gasteiger partial charge in [0.15, 0.2) is 11.5 Å². The number of carbonyl (C=O) groups excluding carboxylic acids is 1. The highest BCUT2D eigenvalue weighted by molar-refractivity contribution is 14.1. The Hall–Kier alpha value is -3.31. The average Bonchev–Trinajstić information content (AvgIpc) is 2.83. The minimum Gasteiger partial charge on any atom is -0.490 e. The third kappa shape index (κ3) is 6.83. The van der Waals surface area contributed by atoms with Crippen LogP contribution in [0.25, 0.3) is 6.08 Å². The molecule has 0 saturated carbocycles. The van der Waals surface area contributed by atoms with Crippen molar-refractivity contribution in [1.82, 2.24) is 5.32 Å². The van der Waals surface area contributed by atoms with Crippen molar-refractivity contribution in [2.45, 2.75) is 26.5 Å². The zero-order chi connectivity index (χ0) is 23.6. The SMILES string of the molecule is CCOc1cc(/C=C(/C#N)C(=O)N[C@@H](C)c2ccccc2)cc(I)c1OCc1ccccc1. The summed E-state index contributed by atoms with van der Waals surface area (Å²) in [5.74, 6) is 0.785. The lowest BCUT2D eigenvalue weighted by Gasteiger charge is -2.15. The first-order chi connectivity index (χ1) is 16.0. The maximum Gasteiger partial charge on any atom is 0.262 e. The topological polar surface area (TPSA) is 71.3 Å². The molecule has 0 aromatic heterocycles. The number of benzene rings is 3. The van der Waals surface area contributed by atoms with Gasteiger partial charge in [0.25, 0.3) is 5.91 Å². The molecule has 0 aliphatic rings. The third-order valence-electron chi connectivity index (χ3n) is 4.88. The molecule has 5 nitrogen and oxygen atoms in total. The Kier molecular flexibility index (Phi) is 8.90. The Balaban J connectivity index is 1.81. The van der Waals surface area contributed by atoms with Crippen molar-refractivity contribution >= 4 is 34.6 Å². The van der Waals surface area contributed by atoms with Crippen molar-refractivity contribution in [1.29, 1.82) is 5.26 Å². The molecule has 0 saturated heterocycles. The number of ether oxygens (including phenoxy) is 2. The number of halogens is 1. The van der Waals surface area contributed by atoms with Gasteiger partial charge in [-0.1, -0.05) is 60.7 Å². The van der Waals surface area contributed by atoms with E-state index < -0.39 is 5.91 Å². The standard InChI is InChI=1S/C27H25IN2O3/c1-3-32-25-16-21(15-24(28)26(25)33-18-20-10-6-4-7-11-20)14-23(17-29)27(31)30-19(2)22-12-8-5-9-13-22/h4-16,19H,3,18H2,1-2H3,(H,30,31)/b23-14-/t19-/m0/s1. The zero-order valence-electron chi connectivity index (χ0n) is 18.5. The van der Waals surface area contributed by atoms with Crippen LogP contribution in [0, 0.1) is 14.9 Å². The summed E-state index contributed by atoms with van der Waals surface area (Å²) in [4.78, 5) is 12.7. The quantitative estimate of drug-likeness (QED) is 0.199. The summed E-state index contributed by atoms with van der Waals surface area (Å²) in [5.41, 5.74) is 2.73. The second-order valence-corrected chi connectivity index (χ2v) is 8.48. The molecule has 33 heavy (non-hydrogen) atoms. The van der Waals surface area contributed by atoms with Crippen LogP contribution < -0.4 is 14.8 Å². The Morgan fingerprint density at radius 3 is 2.39 bits per heavy atom. The number of rotatable bonds is 9. The number of amides is 1. The van der Waals surface area contributed by atoms with E-state index in [0.29, 0.717) is 30.3 Å². The Bertz CT molecular complexity index is 1160. The molecule has 168 valence electrons. The molecule has 0 aliphatic heterocycles. The van der Waals surface area contributed by atoms with E-state index in [4.69, 9.17) is 9.47 Å². The molecule has 0 spiro atoms. The largest absolute Gasteiger partial charge is 0.490 e. The lowest BCUT2D eigenvalue weighted by Crippen LogP contribution is -2.27. The van der Waals surface area contributed by atoms with Crippen LogP contribution in [0.3, 0.4) is 0 Å². The molecule has 0 fully saturated rings. The maximum atomic E-state index is 12.7. The van der Waals surface area contributed by atoms with E-state index >= 15 is 0 Å². The van der Waals surface area contributed by atoms with Gasteiger partial charge in [-0.3, -0.25) is 4.79 Å². The molecule has 0 heterocycles. The molecule has 3 aromatic rings. The van der Waals surface area contributed by atoms with Crippen molar-refractivity contribution in [2.24, 2.45) is 0 Å². The number of nitrogens with zero attached hydrogens (tertiary/aromatic N) is 1. The smallest absolute Gasteiger partial charge is 0.262 e. The molecule has 0 unspecified atom stereocenters. The molecular formula is C27H25IN2O3. The minimum atomic E-state index is -0.425. The fourth-order valence-corrected chi connectivity index (χ4v) is 4.00. The second kappa shape index (κ2) is 12.1. The van der Waals surface area contributed by atoms with Crippen molar-refractivity contribution in [3.8, 4) is 17.6 Å². The van der Waals surface area contributed by atoms with E-state index in [-0.39, 0.29) is 11.6 Å². The normalized spacial score (nSPS) is 11.9. The van der Waals surface area contributed by atoms with E-state index in [2.05, 4.69) is 27.9 Å². The van der Waals surface area contributed by atoms with E-state index in [1.807, 2.05) is 86.6 Å². The number of nitriles is 1. The van der Waals surface area contributed by atoms with Crippen LogP contribution in [-0.4, -0.2) is 12.5 Å². The van der Waals surface area contributed by atoms with Crippen LogP contribution in [0.5, 0.6) is 11.5 Å². The van der Waals surface area contributed by atoms with E-state index in [9.17, 15) is 10.1 Å². The summed E-state index contributed by atoms with van der Waals surface area (Å²) in [5, 5.41) is 12.5. The van der Waals surface area contributed by atoms with Crippen molar-refractivity contribution in [3.63, 3.8) is 0 Å². The predicted molar refractivity (Wildman–Crippen MR) is 138 cm³/mol. The first-order valence-electron chi connectivity index (χ1n) is 10.6. The van der Waals surface area contributed by atoms with Gasteiger partial charge < -0.3 is 14.8 Å². The van der Waals surface area contributed by atoms with Crippen molar-refractivity contribution in [2.75, 3.05) is 6.61 Å². The van der Waals surface area contributed by atoms with Gasteiger partial charge in [-0.15, -0.1) is 0 Å². The van der Waals surface area contributed by atoms with Gasteiger partial charge >= 0.3 is 0 Å². The summed E-state index contributed by atoms with van der Waals surface area (Å²) in [6, 6.07) is 25.0. The van der Waals surface area contributed by atoms with Crippen molar-refractivity contribution < 1.29 is 14.3 Å². The van der Waals surface area contributed by atoms with Crippen molar-refractivity contribution in [3.05, 3.63) is 98.6 Å². The third-order valence-corrected chi connectivity index (χ3v) is 5.68.